The molecule has 4 nitrogen and oxygen atoms in total. The molecule has 0 aliphatic carbocycles. The average molecular weight is 277 g/mol. The highest BCUT2D eigenvalue weighted by Gasteiger charge is 2.06. The number of hydrogen-bond donors (Lipinski definition) is 1. The summed E-state index contributed by atoms with van der Waals surface area (Å²) in [6.45, 7) is 6.48. The summed E-state index contributed by atoms with van der Waals surface area (Å²) < 4.78 is 19.1. The van der Waals surface area contributed by atoms with Crippen molar-refractivity contribution in [1.82, 2.24) is 9.97 Å². The number of fused-ring (bicyclic) bond motifs is 1. The van der Waals surface area contributed by atoms with E-state index in [9.17, 15) is 4.39 Å². The van der Waals surface area contributed by atoms with E-state index < -0.39 is 0 Å². The van der Waals surface area contributed by atoms with Crippen molar-refractivity contribution in [1.29, 1.82) is 0 Å². The maximum absolute atomic E-state index is 13.6. The fourth-order valence-electron chi connectivity index (χ4n) is 1.89. The topological polar surface area (TPSA) is 47.0 Å². The summed E-state index contributed by atoms with van der Waals surface area (Å²) in [6.07, 6.45) is 2.26. The molecular weight excluding hydrogens is 257 g/mol. The average Bonchev–Trinajstić information content (AvgIpc) is 2.43. The lowest BCUT2D eigenvalue weighted by Crippen LogP contribution is -2.09. The molecule has 0 atom stereocenters. The Morgan fingerprint density at radius 3 is 2.95 bits per heavy atom. The SMILES string of the molecule is CC(C)COCCCNc1ncnc2c(F)cccc12. The second kappa shape index (κ2) is 7.14. The summed E-state index contributed by atoms with van der Waals surface area (Å²) in [5, 5.41) is 3.91. The number of rotatable bonds is 7. The van der Waals surface area contributed by atoms with E-state index in [-0.39, 0.29) is 5.82 Å². The third-order valence-electron chi connectivity index (χ3n) is 2.82. The van der Waals surface area contributed by atoms with Crippen molar-refractivity contribution in [2.75, 3.05) is 25.1 Å². The summed E-state index contributed by atoms with van der Waals surface area (Å²) in [7, 11) is 0. The van der Waals surface area contributed by atoms with E-state index >= 15 is 0 Å². The van der Waals surface area contributed by atoms with E-state index in [4.69, 9.17) is 4.74 Å². The van der Waals surface area contributed by atoms with Crippen LogP contribution < -0.4 is 5.32 Å². The van der Waals surface area contributed by atoms with E-state index in [2.05, 4.69) is 29.1 Å². The predicted octanol–water partition coefficient (Wildman–Crippen LogP) is 3.24. The second-order valence-electron chi connectivity index (χ2n) is 5.11. The number of aromatic nitrogens is 2. The minimum absolute atomic E-state index is 0.326. The lowest BCUT2D eigenvalue weighted by molar-refractivity contribution is 0.110. The van der Waals surface area contributed by atoms with Crippen LogP contribution in [0.3, 0.4) is 0 Å². The quantitative estimate of drug-likeness (QED) is 0.789. The van der Waals surface area contributed by atoms with Crippen molar-refractivity contribution in [2.24, 2.45) is 5.92 Å². The Labute approximate surface area is 118 Å². The molecule has 1 heterocycles. The number of nitrogens with zero attached hydrogens (tertiary/aromatic N) is 2. The van der Waals surface area contributed by atoms with Gasteiger partial charge >= 0.3 is 0 Å². The Morgan fingerprint density at radius 2 is 2.15 bits per heavy atom. The molecule has 0 radical (unpaired) electrons. The third-order valence-corrected chi connectivity index (χ3v) is 2.82. The van der Waals surface area contributed by atoms with Crippen LogP contribution in [0, 0.1) is 11.7 Å². The van der Waals surface area contributed by atoms with Crippen LogP contribution >= 0.6 is 0 Å². The van der Waals surface area contributed by atoms with Crippen LogP contribution in [0.5, 0.6) is 0 Å². The molecule has 0 saturated carbocycles. The summed E-state index contributed by atoms with van der Waals surface area (Å²) in [5.41, 5.74) is 0.348. The molecule has 0 aliphatic heterocycles. The number of halogens is 1. The first-order valence-corrected chi connectivity index (χ1v) is 6.89. The number of benzene rings is 1. The van der Waals surface area contributed by atoms with Gasteiger partial charge in [0.25, 0.3) is 0 Å². The van der Waals surface area contributed by atoms with Crippen LogP contribution in [-0.4, -0.2) is 29.7 Å². The molecule has 2 aromatic rings. The van der Waals surface area contributed by atoms with Gasteiger partial charge in [-0.15, -0.1) is 0 Å². The zero-order valence-electron chi connectivity index (χ0n) is 11.9. The van der Waals surface area contributed by atoms with Crippen LogP contribution in [0.25, 0.3) is 10.9 Å². The van der Waals surface area contributed by atoms with Crippen LogP contribution in [0.15, 0.2) is 24.5 Å². The minimum Gasteiger partial charge on any atom is -0.381 e. The highest BCUT2D eigenvalue weighted by Crippen LogP contribution is 2.20. The van der Waals surface area contributed by atoms with Gasteiger partial charge in [0.05, 0.1) is 0 Å². The number of anilines is 1. The normalized spacial score (nSPS) is 11.2. The van der Waals surface area contributed by atoms with Crippen LogP contribution in [-0.2, 0) is 4.74 Å². The van der Waals surface area contributed by atoms with Crippen molar-refractivity contribution in [3.05, 3.63) is 30.3 Å². The van der Waals surface area contributed by atoms with Crippen LogP contribution in [0.1, 0.15) is 20.3 Å². The van der Waals surface area contributed by atoms with Crippen LogP contribution in [0.4, 0.5) is 10.2 Å². The van der Waals surface area contributed by atoms with Gasteiger partial charge in [0, 0.05) is 25.1 Å². The van der Waals surface area contributed by atoms with Gasteiger partial charge in [-0.3, -0.25) is 0 Å². The van der Waals surface area contributed by atoms with E-state index in [1.807, 2.05) is 6.07 Å². The first-order chi connectivity index (χ1) is 9.68. The van der Waals surface area contributed by atoms with Crippen molar-refractivity contribution in [3.8, 4) is 0 Å². The van der Waals surface area contributed by atoms with Crippen molar-refractivity contribution < 1.29 is 9.13 Å². The highest BCUT2D eigenvalue weighted by atomic mass is 19.1. The van der Waals surface area contributed by atoms with E-state index in [1.165, 1.54) is 12.4 Å². The van der Waals surface area contributed by atoms with Gasteiger partial charge in [-0.05, 0) is 24.5 Å². The van der Waals surface area contributed by atoms with Gasteiger partial charge in [-0.25, -0.2) is 14.4 Å². The summed E-state index contributed by atoms with van der Waals surface area (Å²) in [6, 6.07) is 4.88. The number of para-hydroxylation sites is 1. The van der Waals surface area contributed by atoms with E-state index in [0.717, 1.165) is 19.6 Å². The molecule has 1 aromatic carbocycles. The molecule has 0 unspecified atom stereocenters. The zero-order valence-corrected chi connectivity index (χ0v) is 11.9. The standard InChI is InChI=1S/C15H20FN3O/c1-11(2)9-20-8-4-7-17-15-12-5-3-6-13(16)14(12)18-10-19-15/h3,5-6,10-11H,4,7-9H2,1-2H3,(H,17,18,19). The second-order valence-corrected chi connectivity index (χ2v) is 5.11. The molecule has 2 rings (SSSR count). The number of hydrogen-bond acceptors (Lipinski definition) is 4. The predicted molar refractivity (Wildman–Crippen MR) is 78.3 cm³/mol. The lowest BCUT2D eigenvalue weighted by atomic mass is 10.2. The van der Waals surface area contributed by atoms with Gasteiger partial charge < -0.3 is 10.1 Å². The number of ether oxygens (including phenoxy) is 1. The van der Waals surface area contributed by atoms with Crippen molar-refractivity contribution in [2.45, 2.75) is 20.3 Å². The maximum Gasteiger partial charge on any atom is 0.149 e. The number of nitrogens with one attached hydrogen (secondary N) is 1. The molecule has 0 saturated heterocycles. The summed E-state index contributed by atoms with van der Waals surface area (Å²) in [4.78, 5) is 8.13. The molecule has 1 N–H and O–H groups in total. The first kappa shape index (κ1) is 14.7. The molecule has 0 spiro atoms. The van der Waals surface area contributed by atoms with Crippen molar-refractivity contribution >= 4 is 16.7 Å². The largest absolute Gasteiger partial charge is 0.381 e. The maximum atomic E-state index is 13.6. The first-order valence-electron chi connectivity index (χ1n) is 6.89. The lowest BCUT2D eigenvalue weighted by Gasteiger charge is -2.09. The molecule has 0 fully saturated rings. The Kier molecular flexibility index (Phi) is 5.24. The van der Waals surface area contributed by atoms with Gasteiger partial charge in [0.15, 0.2) is 0 Å². The van der Waals surface area contributed by atoms with Gasteiger partial charge in [-0.1, -0.05) is 19.9 Å². The van der Waals surface area contributed by atoms with Crippen molar-refractivity contribution in [3.63, 3.8) is 0 Å². The Bertz CT molecular complexity index is 560. The third kappa shape index (κ3) is 3.87. The Morgan fingerprint density at radius 1 is 1.30 bits per heavy atom. The molecule has 1 aromatic heterocycles. The molecular formula is C15H20FN3O. The summed E-state index contributed by atoms with van der Waals surface area (Å²) in [5.74, 6) is 0.892. The Hall–Kier alpha value is -1.75. The fourth-order valence-corrected chi connectivity index (χ4v) is 1.89. The van der Waals surface area contributed by atoms with Crippen LogP contribution in [0.2, 0.25) is 0 Å². The van der Waals surface area contributed by atoms with E-state index in [0.29, 0.717) is 29.2 Å². The molecule has 0 aliphatic rings. The molecule has 0 amide bonds. The van der Waals surface area contributed by atoms with E-state index in [1.54, 1.807) is 6.07 Å². The summed E-state index contributed by atoms with van der Waals surface area (Å²) >= 11 is 0. The zero-order chi connectivity index (χ0) is 14.4. The molecule has 108 valence electrons. The Balaban J connectivity index is 1.89. The van der Waals surface area contributed by atoms with Gasteiger partial charge in [-0.2, -0.15) is 0 Å². The highest BCUT2D eigenvalue weighted by molar-refractivity contribution is 5.89. The van der Waals surface area contributed by atoms with Gasteiger partial charge in [0.2, 0.25) is 0 Å². The minimum atomic E-state index is -0.326. The fraction of sp³-hybridized carbons (Fsp3) is 0.467. The molecule has 5 heteroatoms. The molecule has 0 bridgehead atoms. The molecule has 20 heavy (non-hydrogen) atoms. The monoisotopic (exact) mass is 277 g/mol. The van der Waals surface area contributed by atoms with Gasteiger partial charge in [0.1, 0.15) is 23.5 Å². The smallest absolute Gasteiger partial charge is 0.149 e.